The van der Waals surface area contributed by atoms with Crippen molar-refractivity contribution in [3.8, 4) is 0 Å². The molecule has 0 unspecified atom stereocenters. The smallest absolute Gasteiger partial charge is 0.400 e. The second-order valence-electron chi connectivity index (χ2n) is 6.69. The van der Waals surface area contributed by atoms with Crippen molar-refractivity contribution >= 4 is 36.5 Å². The highest BCUT2D eigenvalue weighted by atomic mass is 35.5. The molecular weight excluding hydrogens is 330 g/mol. The monoisotopic (exact) mass is 352 g/mol. The van der Waals surface area contributed by atoms with Gasteiger partial charge in [-0.3, -0.25) is 4.79 Å². The van der Waals surface area contributed by atoms with Crippen LogP contribution in [0.5, 0.6) is 0 Å². The minimum absolute atomic E-state index is 0.122. The summed E-state index contributed by atoms with van der Waals surface area (Å²) in [6.45, 7) is 9.55. The lowest BCUT2D eigenvalue weighted by molar-refractivity contribution is -0.118. The van der Waals surface area contributed by atoms with E-state index in [9.17, 15) is 4.79 Å². The maximum atomic E-state index is 11.3. The molecule has 1 saturated heterocycles. The molecule has 1 aliphatic heterocycles. The summed E-state index contributed by atoms with van der Waals surface area (Å²) >= 11 is 5.91. The van der Waals surface area contributed by atoms with Crippen LogP contribution in [0.25, 0.3) is 6.08 Å². The van der Waals surface area contributed by atoms with Gasteiger partial charge in [0.25, 0.3) is 0 Å². The second-order valence-corrected chi connectivity index (χ2v) is 7.05. The third-order valence-corrected chi connectivity index (χ3v) is 4.48. The molecule has 3 N–H and O–H groups in total. The first-order valence-corrected chi connectivity index (χ1v) is 7.98. The van der Waals surface area contributed by atoms with Crippen LogP contribution >= 0.6 is 11.6 Å². The molecular formula is C15H22BClN4O3. The first kappa shape index (κ1) is 18.7. The zero-order chi connectivity index (χ0) is 18.1. The van der Waals surface area contributed by atoms with E-state index in [0.717, 1.165) is 0 Å². The van der Waals surface area contributed by atoms with Crippen LogP contribution in [0, 0.1) is 0 Å². The average Bonchev–Trinajstić information content (AvgIpc) is 2.67. The Hall–Kier alpha value is -1.64. The van der Waals surface area contributed by atoms with E-state index in [1.807, 2.05) is 27.7 Å². The number of carbonyl (C=O) groups excluding carboxylic acids is 1. The van der Waals surface area contributed by atoms with Crippen molar-refractivity contribution in [2.75, 3.05) is 12.3 Å². The number of nitrogens with two attached hydrogens (primary N) is 1. The summed E-state index contributed by atoms with van der Waals surface area (Å²) in [6.07, 6.45) is 3.23. The molecule has 1 fully saturated rings. The standard InChI is InChI=1S/C15H22BClN4O3/c1-9(22)19-7-10(6-11-8-20-13(18)12(17)21-11)16-23-14(2,3)15(4,5)24-16/h6,8H,7H2,1-5H3,(H2,18,20)(H,19,22). The summed E-state index contributed by atoms with van der Waals surface area (Å²) in [4.78, 5) is 19.4. The van der Waals surface area contributed by atoms with Gasteiger partial charge < -0.3 is 20.4 Å². The van der Waals surface area contributed by atoms with E-state index < -0.39 is 18.3 Å². The number of anilines is 1. The lowest BCUT2D eigenvalue weighted by Crippen LogP contribution is -2.41. The van der Waals surface area contributed by atoms with Gasteiger partial charge in [0.15, 0.2) is 11.0 Å². The van der Waals surface area contributed by atoms with Crippen molar-refractivity contribution in [1.82, 2.24) is 15.3 Å². The van der Waals surface area contributed by atoms with Gasteiger partial charge >= 0.3 is 7.12 Å². The van der Waals surface area contributed by atoms with Gasteiger partial charge in [-0.05, 0) is 39.2 Å². The highest BCUT2D eigenvalue weighted by Crippen LogP contribution is 2.38. The Kier molecular flexibility index (Phi) is 5.22. The maximum absolute atomic E-state index is 11.3. The largest absolute Gasteiger partial charge is 0.492 e. The highest BCUT2D eigenvalue weighted by Gasteiger charge is 2.52. The zero-order valence-corrected chi connectivity index (χ0v) is 15.3. The van der Waals surface area contributed by atoms with Crippen molar-refractivity contribution in [3.63, 3.8) is 0 Å². The highest BCUT2D eigenvalue weighted by molar-refractivity contribution is 6.56. The third kappa shape index (κ3) is 4.06. The van der Waals surface area contributed by atoms with Crippen LogP contribution in [-0.2, 0) is 14.1 Å². The van der Waals surface area contributed by atoms with Crippen LogP contribution in [0.1, 0.15) is 40.3 Å². The lowest BCUT2D eigenvalue weighted by Gasteiger charge is -2.32. The SMILES string of the molecule is CC(=O)NCC(=Cc1cnc(N)c(Cl)n1)B1OC(C)(C)C(C)(C)O1. The van der Waals surface area contributed by atoms with Crippen LogP contribution in [-0.4, -0.2) is 40.7 Å². The number of hydrogen-bond donors (Lipinski definition) is 2. The number of nitrogen functional groups attached to an aromatic ring is 1. The van der Waals surface area contributed by atoms with Crippen LogP contribution in [0.15, 0.2) is 11.7 Å². The van der Waals surface area contributed by atoms with Gasteiger partial charge in [0.05, 0.1) is 23.1 Å². The molecule has 1 amide bonds. The van der Waals surface area contributed by atoms with Crippen LogP contribution in [0.3, 0.4) is 0 Å². The number of nitrogens with zero attached hydrogens (tertiary/aromatic N) is 2. The molecule has 1 aliphatic rings. The molecule has 2 heterocycles. The normalized spacial score (nSPS) is 19.4. The maximum Gasteiger partial charge on any atom is 0.492 e. The minimum Gasteiger partial charge on any atom is -0.400 e. The number of carbonyl (C=O) groups is 1. The summed E-state index contributed by atoms with van der Waals surface area (Å²) in [5.41, 5.74) is 5.81. The molecule has 7 nitrogen and oxygen atoms in total. The second kappa shape index (κ2) is 6.70. The molecule has 0 bridgehead atoms. The average molecular weight is 353 g/mol. The fraction of sp³-hybridized carbons (Fsp3) is 0.533. The zero-order valence-electron chi connectivity index (χ0n) is 14.5. The number of aromatic nitrogens is 2. The van der Waals surface area contributed by atoms with Crippen molar-refractivity contribution in [2.24, 2.45) is 0 Å². The molecule has 130 valence electrons. The van der Waals surface area contributed by atoms with Gasteiger partial charge in [0, 0.05) is 13.5 Å². The van der Waals surface area contributed by atoms with E-state index in [1.165, 1.54) is 13.1 Å². The van der Waals surface area contributed by atoms with E-state index in [-0.39, 0.29) is 23.4 Å². The lowest BCUT2D eigenvalue weighted by atomic mass is 9.77. The van der Waals surface area contributed by atoms with E-state index >= 15 is 0 Å². The van der Waals surface area contributed by atoms with E-state index in [1.54, 1.807) is 6.08 Å². The third-order valence-electron chi connectivity index (χ3n) is 4.21. The van der Waals surface area contributed by atoms with Gasteiger partial charge in [0.1, 0.15) is 0 Å². The molecule has 0 saturated carbocycles. The minimum atomic E-state index is -0.611. The number of rotatable bonds is 4. The summed E-state index contributed by atoms with van der Waals surface area (Å²) in [7, 11) is -0.611. The Labute approximate surface area is 147 Å². The molecule has 0 atom stereocenters. The molecule has 9 heteroatoms. The summed E-state index contributed by atoms with van der Waals surface area (Å²) in [5, 5.41) is 2.87. The molecule has 0 spiro atoms. The van der Waals surface area contributed by atoms with Gasteiger partial charge in [-0.25, -0.2) is 9.97 Å². The molecule has 24 heavy (non-hydrogen) atoms. The van der Waals surface area contributed by atoms with E-state index in [4.69, 9.17) is 26.6 Å². The molecule has 0 aromatic carbocycles. The van der Waals surface area contributed by atoms with Crippen molar-refractivity contribution in [3.05, 3.63) is 22.5 Å². The summed E-state index contributed by atoms with van der Waals surface area (Å²) in [6, 6.07) is 0. The molecule has 0 radical (unpaired) electrons. The Morgan fingerprint density at radius 2 is 1.96 bits per heavy atom. The Morgan fingerprint density at radius 1 is 1.38 bits per heavy atom. The van der Waals surface area contributed by atoms with E-state index in [0.29, 0.717) is 11.2 Å². The van der Waals surface area contributed by atoms with Gasteiger partial charge in [-0.15, -0.1) is 0 Å². The van der Waals surface area contributed by atoms with Crippen LogP contribution in [0.2, 0.25) is 5.15 Å². The Balaban J connectivity index is 2.33. The number of nitrogens with one attached hydrogen (secondary N) is 1. The van der Waals surface area contributed by atoms with Crippen LogP contribution in [0.4, 0.5) is 5.82 Å². The Morgan fingerprint density at radius 3 is 2.46 bits per heavy atom. The first-order valence-electron chi connectivity index (χ1n) is 7.60. The fourth-order valence-corrected chi connectivity index (χ4v) is 2.22. The number of halogens is 1. The van der Waals surface area contributed by atoms with E-state index in [2.05, 4.69) is 15.3 Å². The first-order chi connectivity index (χ1) is 11.0. The van der Waals surface area contributed by atoms with Gasteiger partial charge in [-0.2, -0.15) is 0 Å². The van der Waals surface area contributed by atoms with Gasteiger partial charge in [0.2, 0.25) is 5.91 Å². The predicted molar refractivity (Wildman–Crippen MR) is 94.2 cm³/mol. The molecule has 1 aromatic heterocycles. The van der Waals surface area contributed by atoms with Crippen molar-refractivity contribution in [2.45, 2.75) is 45.8 Å². The summed E-state index contributed by atoms with van der Waals surface area (Å²) < 4.78 is 12.1. The fourth-order valence-electron chi connectivity index (χ4n) is 2.07. The number of hydrogen-bond acceptors (Lipinski definition) is 6. The van der Waals surface area contributed by atoms with Crippen molar-refractivity contribution < 1.29 is 14.1 Å². The van der Waals surface area contributed by atoms with Gasteiger partial charge in [-0.1, -0.05) is 11.6 Å². The topological polar surface area (TPSA) is 99.4 Å². The number of amides is 1. The quantitative estimate of drug-likeness (QED) is 0.802. The molecule has 1 aromatic rings. The molecule has 2 rings (SSSR count). The van der Waals surface area contributed by atoms with Crippen LogP contribution < -0.4 is 11.1 Å². The van der Waals surface area contributed by atoms with Crippen molar-refractivity contribution in [1.29, 1.82) is 0 Å². The Bertz CT molecular complexity index is 663. The summed E-state index contributed by atoms with van der Waals surface area (Å²) in [5.74, 6) is 0.00620. The molecule has 0 aliphatic carbocycles. The predicted octanol–water partition coefficient (Wildman–Crippen LogP) is 1.86.